The molecule has 1 atom stereocenters. The van der Waals surface area contributed by atoms with Crippen LogP contribution in [-0.2, 0) is 4.79 Å². The largest absolute Gasteiger partial charge is 0.320 e. The number of hydrogen-bond donors (Lipinski definition) is 1. The number of carbonyl (C=O) groups excluding carboxylic acids is 1. The van der Waals surface area contributed by atoms with Gasteiger partial charge in [0, 0.05) is 12.2 Å². The molecule has 3 heteroatoms. The summed E-state index contributed by atoms with van der Waals surface area (Å²) in [7, 11) is 0. The second-order valence-corrected chi connectivity index (χ2v) is 4.05. The van der Waals surface area contributed by atoms with Crippen molar-refractivity contribution in [3.63, 3.8) is 0 Å². The van der Waals surface area contributed by atoms with E-state index >= 15 is 0 Å². The Kier molecular flexibility index (Phi) is 3.06. The SMILES string of the molecule is Cc1ccccc1N1CC=CC[C@H](N)C1=O. The fourth-order valence-electron chi connectivity index (χ4n) is 1.90. The molecule has 0 saturated heterocycles. The summed E-state index contributed by atoms with van der Waals surface area (Å²) >= 11 is 0. The fraction of sp³-hybridized carbons (Fsp3) is 0.308. The Morgan fingerprint density at radius 1 is 1.31 bits per heavy atom. The van der Waals surface area contributed by atoms with Crippen LogP contribution in [0.4, 0.5) is 5.69 Å². The molecule has 0 aliphatic carbocycles. The van der Waals surface area contributed by atoms with Gasteiger partial charge in [-0.15, -0.1) is 0 Å². The first kappa shape index (κ1) is 10.9. The van der Waals surface area contributed by atoms with Gasteiger partial charge in [0.1, 0.15) is 0 Å². The summed E-state index contributed by atoms with van der Waals surface area (Å²) in [4.78, 5) is 13.8. The van der Waals surface area contributed by atoms with Gasteiger partial charge in [-0.05, 0) is 25.0 Å². The molecule has 1 aliphatic heterocycles. The van der Waals surface area contributed by atoms with Crippen molar-refractivity contribution in [1.82, 2.24) is 0 Å². The zero-order valence-electron chi connectivity index (χ0n) is 9.39. The van der Waals surface area contributed by atoms with E-state index in [1.54, 1.807) is 4.90 Å². The molecule has 2 N–H and O–H groups in total. The summed E-state index contributed by atoms with van der Waals surface area (Å²) in [6.07, 6.45) is 4.60. The number of rotatable bonds is 1. The molecule has 1 aliphatic rings. The van der Waals surface area contributed by atoms with Crippen LogP contribution in [0.15, 0.2) is 36.4 Å². The van der Waals surface area contributed by atoms with Gasteiger partial charge >= 0.3 is 0 Å². The third kappa shape index (κ3) is 1.99. The van der Waals surface area contributed by atoms with E-state index in [0.29, 0.717) is 13.0 Å². The first-order valence-corrected chi connectivity index (χ1v) is 5.48. The minimum atomic E-state index is -0.418. The number of aryl methyl sites for hydroxylation is 1. The number of hydrogen-bond acceptors (Lipinski definition) is 2. The van der Waals surface area contributed by atoms with Crippen molar-refractivity contribution < 1.29 is 4.79 Å². The van der Waals surface area contributed by atoms with Crippen LogP contribution < -0.4 is 10.6 Å². The van der Waals surface area contributed by atoms with Crippen LogP contribution in [0.1, 0.15) is 12.0 Å². The molecule has 0 spiro atoms. The predicted octanol–water partition coefficient (Wildman–Crippen LogP) is 1.62. The van der Waals surface area contributed by atoms with Crippen LogP contribution >= 0.6 is 0 Å². The maximum atomic E-state index is 12.1. The van der Waals surface area contributed by atoms with Gasteiger partial charge in [-0.1, -0.05) is 30.4 Å². The first-order chi connectivity index (χ1) is 7.70. The Bertz CT molecular complexity index is 426. The molecule has 0 radical (unpaired) electrons. The maximum absolute atomic E-state index is 12.1. The summed E-state index contributed by atoms with van der Waals surface area (Å²) in [6.45, 7) is 2.61. The van der Waals surface area contributed by atoms with E-state index in [-0.39, 0.29) is 5.91 Å². The van der Waals surface area contributed by atoms with Crippen molar-refractivity contribution in [3.8, 4) is 0 Å². The highest BCUT2D eigenvalue weighted by Gasteiger charge is 2.23. The van der Waals surface area contributed by atoms with Gasteiger partial charge in [-0.25, -0.2) is 0 Å². The molecule has 0 bridgehead atoms. The first-order valence-electron chi connectivity index (χ1n) is 5.48. The zero-order valence-corrected chi connectivity index (χ0v) is 9.39. The van der Waals surface area contributed by atoms with E-state index in [2.05, 4.69) is 0 Å². The lowest BCUT2D eigenvalue weighted by Gasteiger charge is -2.24. The highest BCUT2D eigenvalue weighted by molar-refractivity contribution is 5.98. The van der Waals surface area contributed by atoms with Gasteiger partial charge < -0.3 is 10.6 Å². The third-order valence-electron chi connectivity index (χ3n) is 2.83. The molecule has 84 valence electrons. The average molecular weight is 216 g/mol. The minimum absolute atomic E-state index is 0.000648. The molecule has 0 saturated carbocycles. The summed E-state index contributed by atoms with van der Waals surface area (Å²) in [5.74, 6) is -0.000648. The predicted molar refractivity (Wildman–Crippen MR) is 65.3 cm³/mol. The number of amides is 1. The van der Waals surface area contributed by atoms with Crippen LogP contribution in [0.5, 0.6) is 0 Å². The molecule has 1 aromatic rings. The Morgan fingerprint density at radius 3 is 2.81 bits per heavy atom. The van der Waals surface area contributed by atoms with Crippen LogP contribution in [0, 0.1) is 6.92 Å². The van der Waals surface area contributed by atoms with Crippen molar-refractivity contribution >= 4 is 11.6 Å². The lowest BCUT2D eigenvalue weighted by molar-refractivity contribution is -0.119. The van der Waals surface area contributed by atoms with Crippen LogP contribution in [0.25, 0.3) is 0 Å². The third-order valence-corrected chi connectivity index (χ3v) is 2.83. The van der Waals surface area contributed by atoms with E-state index in [1.807, 2.05) is 43.3 Å². The summed E-state index contributed by atoms with van der Waals surface area (Å²) in [5, 5.41) is 0. The standard InChI is InChI=1S/C13H16N2O/c1-10-6-2-3-8-12(10)15-9-5-4-7-11(14)13(15)16/h2-6,8,11H,7,9,14H2,1H3/t11-/m0/s1. The lowest BCUT2D eigenvalue weighted by atomic mass is 10.1. The molecule has 1 aromatic carbocycles. The quantitative estimate of drug-likeness (QED) is 0.725. The Labute approximate surface area is 95.6 Å². The second kappa shape index (κ2) is 4.49. The van der Waals surface area contributed by atoms with Gasteiger partial charge in [-0.3, -0.25) is 4.79 Å². The smallest absolute Gasteiger partial charge is 0.244 e. The average Bonchev–Trinajstić information content (AvgIpc) is 2.44. The van der Waals surface area contributed by atoms with Crippen LogP contribution in [-0.4, -0.2) is 18.5 Å². The Morgan fingerprint density at radius 2 is 2.06 bits per heavy atom. The molecule has 0 aromatic heterocycles. The number of anilines is 1. The summed E-state index contributed by atoms with van der Waals surface area (Å²) in [6, 6.07) is 7.45. The topological polar surface area (TPSA) is 46.3 Å². The number of carbonyl (C=O) groups is 1. The van der Waals surface area contributed by atoms with Crippen molar-refractivity contribution in [3.05, 3.63) is 42.0 Å². The Hall–Kier alpha value is -1.61. The number of nitrogens with two attached hydrogens (primary N) is 1. The molecular formula is C13H16N2O. The van der Waals surface area contributed by atoms with Gasteiger partial charge in [0.2, 0.25) is 5.91 Å². The maximum Gasteiger partial charge on any atom is 0.244 e. The van der Waals surface area contributed by atoms with Crippen LogP contribution in [0.3, 0.4) is 0 Å². The highest BCUT2D eigenvalue weighted by Crippen LogP contribution is 2.21. The van der Waals surface area contributed by atoms with Crippen molar-refractivity contribution in [2.75, 3.05) is 11.4 Å². The zero-order chi connectivity index (χ0) is 11.5. The fourth-order valence-corrected chi connectivity index (χ4v) is 1.90. The van der Waals surface area contributed by atoms with Gasteiger partial charge in [-0.2, -0.15) is 0 Å². The Balaban J connectivity index is 2.35. The number of para-hydroxylation sites is 1. The van der Waals surface area contributed by atoms with Crippen LogP contribution in [0.2, 0.25) is 0 Å². The van der Waals surface area contributed by atoms with Crippen molar-refractivity contribution in [1.29, 1.82) is 0 Å². The van der Waals surface area contributed by atoms with E-state index in [1.165, 1.54) is 0 Å². The van der Waals surface area contributed by atoms with E-state index in [4.69, 9.17) is 5.73 Å². The highest BCUT2D eigenvalue weighted by atomic mass is 16.2. The van der Waals surface area contributed by atoms with Gasteiger partial charge in [0.25, 0.3) is 0 Å². The van der Waals surface area contributed by atoms with Crippen molar-refractivity contribution in [2.24, 2.45) is 5.73 Å². The monoisotopic (exact) mass is 216 g/mol. The normalized spacial score (nSPS) is 21.0. The molecule has 1 amide bonds. The van der Waals surface area contributed by atoms with Gasteiger partial charge in [0.15, 0.2) is 0 Å². The lowest BCUT2D eigenvalue weighted by Crippen LogP contribution is -2.42. The molecule has 0 unspecified atom stereocenters. The molecule has 0 fully saturated rings. The minimum Gasteiger partial charge on any atom is -0.320 e. The van der Waals surface area contributed by atoms with E-state index < -0.39 is 6.04 Å². The molecule has 16 heavy (non-hydrogen) atoms. The van der Waals surface area contributed by atoms with E-state index in [9.17, 15) is 4.79 Å². The molecule has 3 nitrogen and oxygen atoms in total. The van der Waals surface area contributed by atoms with Crippen molar-refractivity contribution in [2.45, 2.75) is 19.4 Å². The van der Waals surface area contributed by atoms with E-state index in [0.717, 1.165) is 11.3 Å². The molecule has 2 rings (SSSR count). The van der Waals surface area contributed by atoms with Gasteiger partial charge in [0.05, 0.1) is 6.04 Å². The summed E-state index contributed by atoms with van der Waals surface area (Å²) < 4.78 is 0. The molecule has 1 heterocycles. The number of benzene rings is 1. The second-order valence-electron chi connectivity index (χ2n) is 4.05. The molecular weight excluding hydrogens is 200 g/mol. The number of nitrogens with zero attached hydrogens (tertiary/aromatic N) is 1. The summed E-state index contributed by atoms with van der Waals surface area (Å²) in [5.41, 5.74) is 7.86.